The lowest BCUT2D eigenvalue weighted by Gasteiger charge is -2.17. The molecule has 0 aliphatic carbocycles. The molecular formula is C13H18N2O3. The first-order valence-corrected chi connectivity index (χ1v) is 5.86. The monoisotopic (exact) mass is 250 g/mol. The quantitative estimate of drug-likeness (QED) is 0.747. The average molecular weight is 250 g/mol. The molecule has 0 saturated carbocycles. The van der Waals surface area contributed by atoms with Crippen molar-refractivity contribution in [1.29, 1.82) is 0 Å². The van der Waals surface area contributed by atoms with Crippen molar-refractivity contribution < 1.29 is 14.7 Å². The molecule has 18 heavy (non-hydrogen) atoms. The fraction of sp³-hybridized carbons (Fsp3) is 0.385. The number of aliphatic carboxylic acids is 1. The van der Waals surface area contributed by atoms with E-state index in [-0.39, 0.29) is 19.0 Å². The van der Waals surface area contributed by atoms with Crippen LogP contribution in [0.5, 0.6) is 0 Å². The Morgan fingerprint density at radius 3 is 2.44 bits per heavy atom. The number of rotatable bonds is 7. The molecule has 0 bridgehead atoms. The van der Waals surface area contributed by atoms with Gasteiger partial charge in [0.15, 0.2) is 0 Å². The molecule has 2 N–H and O–H groups in total. The van der Waals surface area contributed by atoms with Crippen LogP contribution >= 0.6 is 0 Å². The maximum atomic E-state index is 11.6. The van der Waals surface area contributed by atoms with Crippen molar-refractivity contribution in [3.63, 3.8) is 0 Å². The summed E-state index contributed by atoms with van der Waals surface area (Å²) >= 11 is 0. The standard InChI is InChI=1S/C13H18N2O3/c1-2-15(10-13(17)18)9-12(16)14-8-11-6-4-3-5-7-11/h3-7H,2,8-10H2,1H3,(H,14,16)(H,17,18). The van der Waals surface area contributed by atoms with Gasteiger partial charge in [0.2, 0.25) is 5.91 Å². The number of nitrogens with zero attached hydrogens (tertiary/aromatic N) is 1. The number of nitrogens with one attached hydrogen (secondary N) is 1. The van der Waals surface area contributed by atoms with Gasteiger partial charge in [-0.05, 0) is 12.1 Å². The number of hydrogen-bond acceptors (Lipinski definition) is 3. The third-order valence-corrected chi connectivity index (χ3v) is 2.51. The molecule has 98 valence electrons. The zero-order chi connectivity index (χ0) is 13.4. The summed E-state index contributed by atoms with van der Waals surface area (Å²) in [5, 5.41) is 11.4. The first-order chi connectivity index (χ1) is 8.61. The number of carbonyl (C=O) groups is 2. The summed E-state index contributed by atoms with van der Waals surface area (Å²) in [6, 6.07) is 9.58. The van der Waals surface area contributed by atoms with E-state index in [0.717, 1.165) is 5.56 Å². The lowest BCUT2D eigenvalue weighted by atomic mass is 10.2. The summed E-state index contributed by atoms with van der Waals surface area (Å²) in [7, 11) is 0. The van der Waals surface area contributed by atoms with Gasteiger partial charge in [0.05, 0.1) is 13.1 Å². The van der Waals surface area contributed by atoms with E-state index < -0.39 is 5.97 Å². The second-order valence-electron chi connectivity index (χ2n) is 3.96. The predicted octanol–water partition coefficient (Wildman–Crippen LogP) is 0.709. The molecule has 1 aromatic rings. The SMILES string of the molecule is CCN(CC(=O)O)CC(=O)NCc1ccccc1. The molecule has 1 amide bonds. The van der Waals surface area contributed by atoms with Crippen molar-refractivity contribution in [2.45, 2.75) is 13.5 Å². The van der Waals surface area contributed by atoms with Crippen molar-refractivity contribution in [3.05, 3.63) is 35.9 Å². The molecule has 0 saturated heterocycles. The van der Waals surface area contributed by atoms with Gasteiger partial charge in [0.1, 0.15) is 0 Å². The van der Waals surface area contributed by atoms with Gasteiger partial charge in [-0.3, -0.25) is 14.5 Å². The number of hydrogen-bond donors (Lipinski definition) is 2. The predicted molar refractivity (Wildman–Crippen MR) is 68.0 cm³/mol. The minimum Gasteiger partial charge on any atom is -0.480 e. The largest absolute Gasteiger partial charge is 0.480 e. The molecule has 0 spiro atoms. The van der Waals surface area contributed by atoms with Crippen LogP contribution < -0.4 is 5.32 Å². The molecular weight excluding hydrogens is 232 g/mol. The molecule has 0 aliphatic rings. The summed E-state index contributed by atoms with van der Waals surface area (Å²) in [5.74, 6) is -1.09. The summed E-state index contributed by atoms with van der Waals surface area (Å²) in [6.45, 7) is 2.81. The van der Waals surface area contributed by atoms with Gasteiger partial charge in [0, 0.05) is 6.54 Å². The number of carboxylic acids is 1. The van der Waals surface area contributed by atoms with E-state index >= 15 is 0 Å². The van der Waals surface area contributed by atoms with Crippen LogP contribution in [0.1, 0.15) is 12.5 Å². The third-order valence-electron chi connectivity index (χ3n) is 2.51. The van der Waals surface area contributed by atoms with Crippen molar-refractivity contribution in [2.75, 3.05) is 19.6 Å². The molecule has 0 aromatic heterocycles. The average Bonchev–Trinajstić information content (AvgIpc) is 2.36. The smallest absolute Gasteiger partial charge is 0.317 e. The highest BCUT2D eigenvalue weighted by Gasteiger charge is 2.11. The number of benzene rings is 1. The fourth-order valence-corrected chi connectivity index (χ4v) is 1.53. The fourth-order valence-electron chi connectivity index (χ4n) is 1.53. The van der Waals surface area contributed by atoms with E-state index in [1.54, 1.807) is 4.90 Å². The van der Waals surface area contributed by atoms with E-state index in [9.17, 15) is 9.59 Å². The van der Waals surface area contributed by atoms with E-state index in [2.05, 4.69) is 5.32 Å². The summed E-state index contributed by atoms with van der Waals surface area (Å²) in [5.41, 5.74) is 1.02. The van der Waals surface area contributed by atoms with E-state index in [1.807, 2.05) is 37.3 Å². The Balaban J connectivity index is 2.34. The van der Waals surface area contributed by atoms with Crippen molar-refractivity contribution >= 4 is 11.9 Å². The van der Waals surface area contributed by atoms with Crippen LogP contribution in [0.25, 0.3) is 0 Å². The first kappa shape index (κ1) is 14.2. The zero-order valence-corrected chi connectivity index (χ0v) is 10.4. The van der Waals surface area contributed by atoms with Gasteiger partial charge in [-0.25, -0.2) is 0 Å². The molecule has 1 rings (SSSR count). The van der Waals surface area contributed by atoms with E-state index in [1.165, 1.54) is 0 Å². The lowest BCUT2D eigenvalue weighted by Crippen LogP contribution is -2.39. The summed E-state index contributed by atoms with van der Waals surface area (Å²) in [4.78, 5) is 23.7. The minimum absolute atomic E-state index is 0.107. The highest BCUT2D eigenvalue weighted by Crippen LogP contribution is 1.97. The Labute approximate surface area is 106 Å². The molecule has 0 heterocycles. The van der Waals surface area contributed by atoms with Crippen LogP contribution in [0.4, 0.5) is 0 Å². The van der Waals surface area contributed by atoms with Crippen molar-refractivity contribution in [1.82, 2.24) is 10.2 Å². The maximum absolute atomic E-state index is 11.6. The zero-order valence-electron chi connectivity index (χ0n) is 10.4. The van der Waals surface area contributed by atoms with Gasteiger partial charge in [-0.15, -0.1) is 0 Å². The van der Waals surface area contributed by atoms with Gasteiger partial charge < -0.3 is 10.4 Å². The van der Waals surface area contributed by atoms with Crippen molar-refractivity contribution in [3.8, 4) is 0 Å². The third kappa shape index (κ3) is 5.45. The Bertz CT molecular complexity index is 392. The molecule has 0 aliphatic heterocycles. The Morgan fingerprint density at radius 1 is 1.22 bits per heavy atom. The molecule has 0 atom stereocenters. The van der Waals surface area contributed by atoms with E-state index in [0.29, 0.717) is 13.1 Å². The molecule has 5 heteroatoms. The molecule has 0 fully saturated rings. The summed E-state index contributed by atoms with van der Waals surface area (Å²) in [6.07, 6.45) is 0. The number of carbonyl (C=O) groups excluding carboxylic acids is 1. The van der Waals surface area contributed by atoms with Gasteiger partial charge in [0.25, 0.3) is 0 Å². The number of likely N-dealkylation sites (N-methyl/N-ethyl adjacent to an activating group) is 1. The van der Waals surface area contributed by atoms with Gasteiger partial charge >= 0.3 is 5.97 Å². The summed E-state index contributed by atoms with van der Waals surface area (Å²) < 4.78 is 0. The lowest BCUT2D eigenvalue weighted by molar-refractivity contribution is -0.138. The highest BCUT2D eigenvalue weighted by molar-refractivity contribution is 5.79. The van der Waals surface area contributed by atoms with Crippen LogP contribution in [0.2, 0.25) is 0 Å². The molecule has 1 aromatic carbocycles. The Kier molecular flexibility index (Phi) is 5.87. The van der Waals surface area contributed by atoms with Crippen LogP contribution in [0.3, 0.4) is 0 Å². The highest BCUT2D eigenvalue weighted by atomic mass is 16.4. The number of carboxylic acid groups (broad SMARTS) is 1. The topological polar surface area (TPSA) is 69.6 Å². The molecule has 5 nitrogen and oxygen atoms in total. The molecule has 0 radical (unpaired) electrons. The minimum atomic E-state index is -0.923. The first-order valence-electron chi connectivity index (χ1n) is 5.86. The van der Waals surface area contributed by atoms with Gasteiger partial charge in [-0.1, -0.05) is 37.3 Å². The normalized spacial score (nSPS) is 10.3. The van der Waals surface area contributed by atoms with Crippen molar-refractivity contribution in [2.24, 2.45) is 0 Å². The second kappa shape index (κ2) is 7.45. The molecule has 0 unspecified atom stereocenters. The maximum Gasteiger partial charge on any atom is 0.317 e. The van der Waals surface area contributed by atoms with Crippen LogP contribution in [0, 0.1) is 0 Å². The van der Waals surface area contributed by atoms with E-state index in [4.69, 9.17) is 5.11 Å². The van der Waals surface area contributed by atoms with Crippen LogP contribution in [-0.4, -0.2) is 41.5 Å². The Hall–Kier alpha value is -1.88. The second-order valence-corrected chi connectivity index (χ2v) is 3.96. The van der Waals surface area contributed by atoms with Crippen LogP contribution in [-0.2, 0) is 16.1 Å². The Morgan fingerprint density at radius 2 is 1.89 bits per heavy atom. The van der Waals surface area contributed by atoms with Crippen LogP contribution in [0.15, 0.2) is 30.3 Å². The number of amides is 1. The van der Waals surface area contributed by atoms with Gasteiger partial charge in [-0.2, -0.15) is 0 Å².